The van der Waals surface area contributed by atoms with Gasteiger partial charge in [-0.2, -0.15) is 0 Å². The SMILES string of the molecule is CN1CCC(N2CC(NC(=O)c3cccc4cc(F)ccc34)CC2=O)CC1. The third-order valence-corrected chi connectivity index (χ3v) is 5.71. The molecule has 1 N–H and O–H groups in total. The minimum atomic E-state index is -0.324. The van der Waals surface area contributed by atoms with Gasteiger partial charge in [-0.1, -0.05) is 18.2 Å². The van der Waals surface area contributed by atoms with E-state index >= 15 is 0 Å². The Morgan fingerprint density at radius 3 is 2.74 bits per heavy atom. The van der Waals surface area contributed by atoms with E-state index in [4.69, 9.17) is 0 Å². The Bertz CT molecular complexity index is 877. The summed E-state index contributed by atoms with van der Waals surface area (Å²) in [5.41, 5.74) is 0.512. The van der Waals surface area contributed by atoms with Crippen LogP contribution in [0.5, 0.6) is 0 Å². The van der Waals surface area contributed by atoms with E-state index < -0.39 is 0 Å². The molecule has 2 aliphatic heterocycles. The summed E-state index contributed by atoms with van der Waals surface area (Å²) in [6.07, 6.45) is 2.31. The van der Waals surface area contributed by atoms with Gasteiger partial charge in [-0.25, -0.2) is 4.39 Å². The lowest BCUT2D eigenvalue weighted by molar-refractivity contribution is -0.130. The molecule has 0 aliphatic carbocycles. The van der Waals surface area contributed by atoms with Crippen LogP contribution in [-0.2, 0) is 4.79 Å². The van der Waals surface area contributed by atoms with Crippen LogP contribution in [-0.4, -0.2) is 60.4 Å². The molecule has 142 valence electrons. The van der Waals surface area contributed by atoms with Crippen LogP contribution in [0.2, 0.25) is 0 Å². The van der Waals surface area contributed by atoms with Gasteiger partial charge < -0.3 is 15.1 Å². The fourth-order valence-electron chi connectivity index (χ4n) is 4.20. The van der Waals surface area contributed by atoms with Crippen molar-refractivity contribution in [2.45, 2.75) is 31.3 Å². The molecule has 0 aromatic heterocycles. The first-order chi connectivity index (χ1) is 13.0. The van der Waals surface area contributed by atoms with Crippen LogP contribution in [0.25, 0.3) is 10.8 Å². The Kier molecular flexibility index (Phi) is 4.83. The van der Waals surface area contributed by atoms with Gasteiger partial charge in [0.15, 0.2) is 0 Å². The van der Waals surface area contributed by atoms with Crippen molar-refractivity contribution < 1.29 is 14.0 Å². The molecule has 1 unspecified atom stereocenters. The normalized spacial score (nSPS) is 21.8. The maximum Gasteiger partial charge on any atom is 0.252 e. The van der Waals surface area contributed by atoms with Gasteiger partial charge in [-0.15, -0.1) is 0 Å². The number of likely N-dealkylation sites (tertiary alicyclic amines) is 2. The van der Waals surface area contributed by atoms with Crippen molar-refractivity contribution in [2.75, 3.05) is 26.7 Å². The van der Waals surface area contributed by atoms with Crippen molar-refractivity contribution in [1.82, 2.24) is 15.1 Å². The third-order valence-electron chi connectivity index (χ3n) is 5.71. The van der Waals surface area contributed by atoms with Crippen molar-refractivity contribution in [3.63, 3.8) is 0 Å². The molecule has 5 nitrogen and oxygen atoms in total. The number of benzene rings is 2. The van der Waals surface area contributed by atoms with Crippen LogP contribution in [0.3, 0.4) is 0 Å². The zero-order chi connectivity index (χ0) is 19.0. The first-order valence-corrected chi connectivity index (χ1v) is 9.48. The molecule has 2 aliphatic rings. The number of halogens is 1. The van der Waals surface area contributed by atoms with Crippen LogP contribution in [0.15, 0.2) is 36.4 Å². The summed E-state index contributed by atoms with van der Waals surface area (Å²) in [7, 11) is 2.10. The Balaban J connectivity index is 1.45. The maximum absolute atomic E-state index is 13.4. The summed E-state index contributed by atoms with van der Waals surface area (Å²) in [5.74, 6) is -0.416. The van der Waals surface area contributed by atoms with Gasteiger partial charge in [-0.05, 0) is 62.0 Å². The molecule has 27 heavy (non-hydrogen) atoms. The number of nitrogens with zero attached hydrogens (tertiary/aromatic N) is 2. The molecule has 0 bridgehead atoms. The van der Waals surface area contributed by atoms with Gasteiger partial charge in [0.05, 0.1) is 6.04 Å². The monoisotopic (exact) mass is 369 g/mol. The molecule has 1 atom stereocenters. The number of fused-ring (bicyclic) bond motifs is 1. The van der Waals surface area contributed by atoms with Crippen molar-refractivity contribution in [1.29, 1.82) is 0 Å². The highest BCUT2D eigenvalue weighted by Gasteiger charge is 2.36. The van der Waals surface area contributed by atoms with Gasteiger partial charge in [0.25, 0.3) is 5.91 Å². The minimum absolute atomic E-state index is 0.120. The van der Waals surface area contributed by atoms with E-state index in [0.29, 0.717) is 29.3 Å². The van der Waals surface area contributed by atoms with E-state index in [2.05, 4.69) is 17.3 Å². The highest BCUT2D eigenvalue weighted by Crippen LogP contribution is 2.23. The van der Waals surface area contributed by atoms with Gasteiger partial charge in [0.1, 0.15) is 5.82 Å². The lowest BCUT2D eigenvalue weighted by atomic mass is 10.0. The molecular formula is C21H24FN3O2. The van der Waals surface area contributed by atoms with Crippen molar-refractivity contribution in [3.8, 4) is 0 Å². The minimum Gasteiger partial charge on any atom is -0.347 e. The van der Waals surface area contributed by atoms with Gasteiger partial charge in [0, 0.05) is 24.6 Å². The molecule has 2 amide bonds. The summed E-state index contributed by atoms with van der Waals surface area (Å²) >= 11 is 0. The van der Waals surface area contributed by atoms with Crippen LogP contribution in [0.4, 0.5) is 4.39 Å². The number of carbonyl (C=O) groups is 2. The van der Waals surface area contributed by atoms with Crippen molar-refractivity contribution in [3.05, 3.63) is 47.8 Å². The predicted octanol–water partition coefficient (Wildman–Crippen LogP) is 2.40. The lowest BCUT2D eigenvalue weighted by Crippen LogP contribution is -2.45. The standard InChI is InChI=1S/C21H24FN3O2/c1-24-9-7-17(8-10-24)25-13-16(12-20(25)26)23-21(27)19-4-2-3-14-11-15(22)5-6-18(14)19/h2-6,11,16-17H,7-10,12-13H2,1H3,(H,23,27). The van der Waals surface area contributed by atoms with Crippen molar-refractivity contribution in [2.24, 2.45) is 0 Å². The molecule has 2 aromatic carbocycles. The molecule has 2 saturated heterocycles. The Morgan fingerprint density at radius 1 is 1.19 bits per heavy atom. The highest BCUT2D eigenvalue weighted by atomic mass is 19.1. The van der Waals surface area contributed by atoms with E-state index in [1.54, 1.807) is 24.3 Å². The molecule has 0 saturated carbocycles. The third kappa shape index (κ3) is 3.67. The molecule has 0 spiro atoms. The van der Waals surface area contributed by atoms with E-state index in [-0.39, 0.29) is 29.7 Å². The molecular weight excluding hydrogens is 345 g/mol. The average Bonchev–Trinajstić information content (AvgIpc) is 3.01. The molecule has 4 rings (SSSR count). The van der Waals surface area contributed by atoms with Gasteiger partial charge >= 0.3 is 0 Å². The van der Waals surface area contributed by atoms with Crippen LogP contribution < -0.4 is 5.32 Å². The number of rotatable bonds is 3. The fraction of sp³-hybridized carbons (Fsp3) is 0.429. The second kappa shape index (κ2) is 7.27. The van der Waals surface area contributed by atoms with E-state index in [9.17, 15) is 14.0 Å². The van der Waals surface area contributed by atoms with Crippen LogP contribution in [0, 0.1) is 5.82 Å². The van der Waals surface area contributed by atoms with E-state index in [1.165, 1.54) is 12.1 Å². The topological polar surface area (TPSA) is 52.6 Å². The fourth-order valence-corrected chi connectivity index (χ4v) is 4.20. The Morgan fingerprint density at radius 2 is 1.96 bits per heavy atom. The zero-order valence-corrected chi connectivity index (χ0v) is 15.5. The number of hydrogen-bond acceptors (Lipinski definition) is 3. The summed E-state index contributed by atoms with van der Waals surface area (Å²) in [6.45, 7) is 2.56. The number of nitrogens with one attached hydrogen (secondary N) is 1. The predicted molar refractivity (Wildman–Crippen MR) is 102 cm³/mol. The van der Waals surface area contributed by atoms with E-state index in [1.807, 2.05) is 4.90 Å². The maximum atomic E-state index is 13.4. The molecule has 6 heteroatoms. The van der Waals surface area contributed by atoms with Crippen LogP contribution >= 0.6 is 0 Å². The Labute approximate surface area is 158 Å². The quantitative estimate of drug-likeness (QED) is 0.904. The molecule has 0 radical (unpaired) electrons. The number of piperidine rings is 1. The van der Waals surface area contributed by atoms with Gasteiger partial charge in [0.2, 0.25) is 5.91 Å². The first kappa shape index (κ1) is 17.9. The van der Waals surface area contributed by atoms with Gasteiger partial charge in [-0.3, -0.25) is 9.59 Å². The summed E-state index contributed by atoms with van der Waals surface area (Å²) < 4.78 is 13.4. The van der Waals surface area contributed by atoms with Crippen molar-refractivity contribution >= 4 is 22.6 Å². The highest BCUT2D eigenvalue weighted by molar-refractivity contribution is 6.07. The number of hydrogen-bond donors (Lipinski definition) is 1. The lowest BCUT2D eigenvalue weighted by Gasteiger charge is -2.35. The summed E-state index contributed by atoms with van der Waals surface area (Å²) in [4.78, 5) is 29.5. The zero-order valence-electron chi connectivity index (χ0n) is 15.5. The largest absolute Gasteiger partial charge is 0.347 e. The number of carbonyl (C=O) groups excluding carboxylic acids is 2. The molecule has 2 fully saturated rings. The molecule has 2 aromatic rings. The average molecular weight is 369 g/mol. The second-order valence-electron chi connectivity index (χ2n) is 7.63. The van der Waals surface area contributed by atoms with Crippen LogP contribution in [0.1, 0.15) is 29.6 Å². The Hall–Kier alpha value is -2.47. The summed E-state index contributed by atoms with van der Waals surface area (Å²) in [6, 6.07) is 9.78. The van der Waals surface area contributed by atoms with E-state index in [0.717, 1.165) is 25.9 Å². The summed E-state index contributed by atoms with van der Waals surface area (Å²) in [5, 5.41) is 4.41. The number of amides is 2. The smallest absolute Gasteiger partial charge is 0.252 e. The first-order valence-electron chi connectivity index (χ1n) is 9.48. The second-order valence-corrected chi connectivity index (χ2v) is 7.63. The molecule has 2 heterocycles.